The SMILES string of the molecule is O=C(Cn1c(=O)oc2ccc(NC(=O)C3(F)CCC3)cc21)N1CCCCC1. The van der Waals surface area contributed by atoms with Crippen LogP contribution in [-0.2, 0) is 16.1 Å². The minimum Gasteiger partial charge on any atom is -0.408 e. The first-order valence-corrected chi connectivity index (χ1v) is 9.38. The molecular weight excluding hydrogens is 353 g/mol. The highest BCUT2D eigenvalue weighted by Gasteiger charge is 2.44. The number of likely N-dealkylation sites (tertiary alicyclic amines) is 1. The van der Waals surface area contributed by atoms with Crippen molar-refractivity contribution >= 4 is 28.6 Å². The third-order valence-electron chi connectivity index (χ3n) is 5.48. The first-order chi connectivity index (χ1) is 13.0. The van der Waals surface area contributed by atoms with Gasteiger partial charge in [-0.05, 0) is 56.7 Å². The third kappa shape index (κ3) is 3.36. The molecule has 2 fully saturated rings. The Morgan fingerprint density at radius 2 is 1.89 bits per heavy atom. The number of amides is 2. The molecule has 1 saturated heterocycles. The lowest BCUT2D eigenvalue weighted by atomic mass is 9.81. The summed E-state index contributed by atoms with van der Waals surface area (Å²) in [5, 5.41) is 2.56. The summed E-state index contributed by atoms with van der Waals surface area (Å²) in [7, 11) is 0. The van der Waals surface area contributed by atoms with Crippen molar-refractivity contribution in [2.24, 2.45) is 0 Å². The number of anilines is 1. The molecule has 27 heavy (non-hydrogen) atoms. The molecule has 1 N–H and O–H groups in total. The van der Waals surface area contributed by atoms with Gasteiger partial charge in [-0.3, -0.25) is 14.2 Å². The van der Waals surface area contributed by atoms with E-state index in [1.54, 1.807) is 23.1 Å². The van der Waals surface area contributed by atoms with Crippen LogP contribution >= 0.6 is 0 Å². The number of nitrogens with zero attached hydrogens (tertiary/aromatic N) is 2. The number of alkyl halides is 1. The van der Waals surface area contributed by atoms with Gasteiger partial charge in [-0.2, -0.15) is 0 Å². The van der Waals surface area contributed by atoms with E-state index in [0.29, 0.717) is 36.3 Å². The van der Waals surface area contributed by atoms with E-state index in [4.69, 9.17) is 4.42 Å². The predicted octanol–water partition coefficient (Wildman–Crippen LogP) is 2.44. The van der Waals surface area contributed by atoms with Gasteiger partial charge in [0.05, 0.1) is 5.52 Å². The monoisotopic (exact) mass is 375 g/mol. The summed E-state index contributed by atoms with van der Waals surface area (Å²) < 4.78 is 20.7. The lowest BCUT2D eigenvalue weighted by molar-refractivity contribution is -0.133. The highest BCUT2D eigenvalue weighted by molar-refractivity contribution is 5.99. The van der Waals surface area contributed by atoms with Crippen LogP contribution in [0, 0.1) is 0 Å². The Balaban J connectivity index is 1.57. The summed E-state index contributed by atoms with van der Waals surface area (Å²) in [5.41, 5.74) is -0.709. The van der Waals surface area contributed by atoms with Gasteiger partial charge in [-0.25, -0.2) is 9.18 Å². The lowest BCUT2D eigenvalue weighted by Crippen LogP contribution is -2.44. The number of nitrogens with one attached hydrogen (secondary N) is 1. The highest BCUT2D eigenvalue weighted by Crippen LogP contribution is 2.36. The van der Waals surface area contributed by atoms with Crippen LogP contribution in [0.25, 0.3) is 11.1 Å². The van der Waals surface area contributed by atoms with E-state index in [1.807, 2.05) is 0 Å². The molecule has 1 aromatic carbocycles. The summed E-state index contributed by atoms with van der Waals surface area (Å²) >= 11 is 0. The van der Waals surface area contributed by atoms with Gasteiger partial charge in [0.2, 0.25) is 5.91 Å². The molecule has 0 radical (unpaired) electrons. The Bertz CT molecular complexity index is 938. The van der Waals surface area contributed by atoms with Gasteiger partial charge in [-0.1, -0.05) is 0 Å². The number of hydrogen-bond acceptors (Lipinski definition) is 4. The number of fused-ring (bicyclic) bond motifs is 1. The molecule has 1 aromatic heterocycles. The predicted molar refractivity (Wildman–Crippen MR) is 97.2 cm³/mol. The second kappa shape index (κ2) is 6.83. The van der Waals surface area contributed by atoms with Crippen molar-refractivity contribution in [2.45, 2.75) is 50.7 Å². The zero-order valence-electron chi connectivity index (χ0n) is 15.0. The van der Waals surface area contributed by atoms with Crippen LogP contribution in [0.15, 0.2) is 27.4 Å². The molecule has 4 rings (SSSR count). The minimum absolute atomic E-state index is 0.115. The Labute approximate surface area is 155 Å². The normalized spacial score (nSPS) is 18.9. The standard InChI is InChI=1S/C19H22FN3O4/c20-19(7-4-8-19)17(25)21-13-5-6-15-14(11-13)23(18(26)27-15)12-16(24)22-9-2-1-3-10-22/h5-6,11H,1-4,7-10,12H2,(H,21,25). The van der Waals surface area contributed by atoms with Crippen LogP contribution in [0.1, 0.15) is 38.5 Å². The summed E-state index contributed by atoms with van der Waals surface area (Å²) in [5.74, 6) is -1.43. The van der Waals surface area contributed by atoms with Gasteiger partial charge in [0.25, 0.3) is 5.91 Å². The van der Waals surface area contributed by atoms with Gasteiger partial charge in [-0.15, -0.1) is 0 Å². The van der Waals surface area contributed by atoms with E-state index in [2.05, 4.69) is 5.32 Å². The third-order valence-corrected chi connectivity index (χ3v) is 5.48. The molecule has 0 atom stereocenters. The van der Waals surface area contributed by atoms with Gasteiger partial charge in [0.1, 0.15) is 6.54 Å². The van der Waals surface area contributed by atoms with Gasteiger partial charge in [0, 0.05) is 18.8 Å². The summed E-state index contributed by atoms with van der Waals surface area (Å²) in [6.07, 6.45) is 4.19. The number of rotatable bonds is 4. The molecule has 2 aliphatic rings. The van der Waals surface area contributed by atoms with Crippen LogP contribution in [0.3, 0.4) is 0 Å². The maximum Gasteiger partial charge on any atom is 0.420 e. The van der Waals surface area contributed by atoms with Crippen LogP contribution in [0.2, 0.25) is 0 Å². The molecule has 1 aliphatic heterocycles. The first kappa shape index (κ1) is 17.8. The van der Waals surface area contributed by atoms with Gasteiger partial charge in [0.15, 0.2) is 11.3 Å². The maximum atomic E-state index is 14.2. The second-order valence-corrected chi connectivity index (χ2v) is 7.35. The molecule has 2 heterocycles. The van der Waals surface area contributed by atoms with E-state index in [0.717, 1.165) is 19.3 Å². The number of carbonyl (C=O) groups excluding carboxylic acids is 2. The summed E-state index contributed by atoms with van der Waals surface area (Å²) in [4.78, 5) is 38.5. The van der Waals surface area contributed by atoms with Crippen molar-refractivity contribution in [1.29, 1.82) is 0 Å². The van der Waals surface area contributed by atoms with Crippen molar-refractivity contribution < 1.29 is 18.4 Å². The number of aromatic nitrogens is 1. The van der Waals surface area contributed by atoms with Crippen LogP contribution in [0.5, 0.6) is 0 Å². The van der Waals surface area contributed by atoms with Crippen molar-refractivity contribution in [1.82, 2.24) is 9.47 Å². The fourth-order valence-electron chi connectivity index (χ4n) is 3.63. The largest absolute Gasteiger partial charge is 0.420 e. The number of halogens is 1. The Kier molecular flexibility index (Phi) is 4.49. The molecule has 0 spiro atoms. The first-order valence-electron chi connectivity index (χ1n) is 9.38. The molecule has 1 saturated carbocycles. The Hall–Kier alpha value is -2.64. The second-order valence-electron chi connectivity index (χ2n) is 7.35. The van der Waals surface area contributed by atoms with Crippen LogP contribution in [0.4, 0.5) is 10.1 Å². The molecule has 2 amide bonds. The highest BCUT2D eigenvalue weighted by atomic mass is 19.1. The zero-order valence-corrected chi connectivity index (χ0v) is 15.0. The number of piperidine rings is 1. The summed E-state index contributed by atoms with van der Waals surface area (Å²) in [6, 6.07) is 4.64. The molecular formula is C19H22FN3O4. The number of carbonyl (C=O) groups is 2. The fraction of sp³-hybridized carbons (Fsp3) is 0.526. The number of oxazole rings is 1. The molecule has 8 heteroatoms. The molecule has 144 valence electrons. The Morgan fingerprint density at radius 3 is 2.56 bits per heavy atom. The molecule has 7 nitrogen and oxygen atoms in total. The number of benzene rings is 1. The molecule has 0 bridgehead atoms. The van der Waals surface area contributed by atoms with Gasteiger partial charge < -0.3 is 14.6 Å². The fourth-order valence-corrected chi connectivity index (χ4v) is 3.63. The topological polar surface area (TPSA) is 84.5 Å². The van der Waals surface area contributed by atoms with E-state index in [1.165, 1.54) is 4.57 Å². The number of hydrogen-bond donors (Lipinski definition) is 1. The molecule has 2 aromatic rings. The van der Waals surface area contributed by atoms with Crippen molar-refractivity contribution in [3.8, 4) is 0 Å². The average molecular weight is 375 g/mol. The molecule has 0 unspecified atom stereocenters. The Morgan fingerprint density at radius 1 is 1.15 bits per heavy atom. The summed E-state index contributed by atoms with van der Waals surface area (Å²) in [6.45, 7) is 1.28. The van der Waals surface area contributed by atoms with Crippen molar-refractivity contribution in [3.05, 3.63) is 28.7 Å². The van der Waals surface area contributed by atoms with Crippen LogP contribution in [-0.4, -0.2) is 40.0 Å². The lowest BCUT2D eigenvalue weighted by Gasteiger charge is -2.31. The maximum absolute atomic E-state index is 14.2. The average Bonchev–Trinajstić information content (AvgIpc) is 2.95. The van der Waals surface area contributed by atoms with Crippen molar-refractivity contribution in [2.75, 3.05) is 18.4 Å². The van der Waals surface area contributed by atoms with Gasteiger partial charge >= 0.3 is 5.76 Å². The van der Waals surface area contributed by atoms with E-state index in [-0.39, 0.29) is 25.3 Å². The minimum atomic E-state index is -1.81. The smallest absolute Gasteiger partial charge is 0.408 e. The van der Waals surface area contributed by atoms with Crippen LogP contribution < -0.4 is 11.1 Å². The van der Waals surface area contributed by atoms with E-state index < -0.39 is 17.3 Å². The van der Waals surface area contributed by atoms with Crippen molar-refractivity contribution in [3.63, 3.8) is 0 Å². The molecule has 1 aliphatic carbocycles. The zero-order chi connectivity index (χ0) is 19.0. The quantitative estimate of drug-likeness (QED) is 0.890. The van der Waals surface area contributed by atoms with E-state index in [9.17, 15) is 18.8 Å². The van der Waals surface area contributed by atoms with E-state index >= 15 is 0 Å².